The predicted molar refractivity (Wildman–Crippen MR) is 183 cm³/mol. The molecule has 5 rings (SSSR count). The monoisotopic (exact) mass is 774 g/mol. The van der Waals surface area contributed by atoms with Gasteiger partial charge in [-0.2, -0.15) is 19.1 Å². The minimum Gasteiger partial charge on any atom is -0.503 e. The number of methoxy groups -OCH3 is 2. The molecule has 0 saturated carbocycles. The molecule has 12 nitrogen and oxygen atoms in total. The van der Waals surface area contributed by atoms with Crippen LogP contribution in [0.5, 0.6) is 23.3 Å². The zero-order valence-corrected chi connectivity index (χ0v) is 29.2. The van der Waals surface area contributed by atoms with E-state index in [1.807, 2.05) is 0 Å². The van der Waals surface area contributed by atoms with Gasteiger partial charge in [0.15, 0.2) is 0 Å². The third-order valence-corrected chi connectivity index (χ3v) is 7.44. The number of carbonyl (C=O) groups is 1. The van der Waals surface area contributed by atoms with Crippen molar-refractivity contribution in [2.24, 2.45) is 0 Å². The van der Waals surface area contributed by atoms with E-state index in [1.165, 1.54) is 68.4 Å². The first kappa shape index (κ1) is 40.0. The van der Waals surface area contributed by atoms with Crippen LogP contribution in [0.25, 0.3) is 5.57 Å². The lowest BCUT2D eigenvalue weighted by atomic mass is 10.00. The number of hydrogen-bond donors (Lipinski definition) is 0. The van der Waals surface area contributed by atoms with Crippen molar-refractivity contribution >= 4 is 34.7 Å². The summed E-state index contributed by atoms with van der Waals surface area (Å²) in [5.74, 6) is -0.225. The lowest BCUT2D eigenvalue weighted by Gasteiger charge is -2.22. The number of hydrogen-bond acceptors (Lipinski definition) is 11. The third kappa shape index (κ3) is 11.4. The Morgan fingerprint density at radius 3 is 2.26 bits per heavy atom. The SMILES string of the molecule is CO/C=C(/C(=O)OC)c1ccccc1Oc1cc(Oc2ccccc2C#N)ncn1.FC(F)C(F)(F)OCC(Cn1cncn1)c1ccc(Cl)cc1Cl. The average Bonchev–Trinajstić information content (AvgIpc) is 3.66. The molecular weight excluding hydrogens is 747 g/mol. The van der Waals surface area contributed by atoms with E-state index in [2.05, 4.69) is 30.9 Å². The zero-order valence-electron chi connectivity index (χ0n) is 27.7. The fourth-order valence-corrected chi connectivity index (χ4v) is 5.00. The van der Waals surface area contributed by atoms with Gasteiger partial charge in [-0.3, -0.25) is 4.68 Å². The number of para-hydroxylation sites is 2. The van der Waals surface area contributed by atoms with Crippen molar-refractivity contribution in [1.82, 2.24) is 24.7 Å². The maximum absolute atomic E-state index is 13.0. The van der Waals surface area contributed by atoms with Gasteiger partial charge in [0.05, 0.1) is 45.3 Å². The number of esters is 1. The van der Waals surface area contributed by atoms with E-state index < -0.39 is 31.0 Å². The van der Waals surface area contributed by atoms with Gasteiger partial charge in [-0.05, 0) is 35.9 Å². The van der Waals surface area contributed by atoms with Crippen molar-refractivity contribution in [3.8, 4) is 29.3 Å². The van der Waals surface area contributed by atoms with Crippen LogP contribution < -0.4 is 9.47 Å². The van der Waals surface area contributed by atoms with E-state index in [0.717, 1.165) is 0 Å². The summed E-state index contributed by atoms with van der Waals surface area (Å²) in [5, 5.41) is 13.6. The minimum atomic E-state index is -4.54. The van der Waals surface area contributed by atoms with E-state index in [-0.39, 0.29) is 28.9 Å². The highest BCUT2D eigenvalue weighted by atomic mass is 35.5. The number of carbonyl (C=O) groups excluding carboxylic acids is 1. The molecule has 0 fully saturated rings. The van der Waals surface area contributed by atoms with Crippen LogP contribution >= 0.6 is 23.2 Å². The molecular formula is C35H28Cl2F4N6O6. The molecule has 1 unspecified atom stereocenters. The van der Waals surface area contributed by atoms with Gasteiger partial charge in [0.2, 0.25) is 11.8 Å². The van der Waals surface area contributed by atoms with Gasteiger partial charge in [-0.1, -0.05) is 59.6 Å². The fraction of sp³-hybridized carbons (Fsp3) is 0.200. The summed E-state index contributed by atoms with van der Waals surface area (Å²) in [7, 11) is 2.71. The highest BCUT2D eigenvalue weighted by Crippen LogP contribution is 2.34. The standard InChI is InChI=1S/C22H17N3O5.C13H11Cl2F4N3O/c1-27-13-17(22(26)28-2)16-8-4-6-10-19(16)30-21-11-20(24-14-25-21)29-18-9-5-3-7-15(18)12-23;14-9-1-2-10(11(15)3-9)8(4-22-7-20-6-21-22)5-23-13(18,19)12(16)17/h3-11,13-14H,1-2H3;1-3,6-8,12H,4-5H2/b17-13+;. The first-order chi connectivity index (χ1) is 25.4. The molecule has 1 atom stereocenters. The van der Waals surface area contributed by atoms with Gasteiger partial charge in [-0.15, -0.1) is 0 Å². The molecule has 0 bridgehead atoms. The molecule has 2 aromatic heterocycles. The molecule has 0 N–H and O–H groups in total. The van der Waals surface area contributed by atoms with Crippen LogP contribution in [0.15, 0.2) is 98.0 Å². The van der Waals surface area contributed by atoms with Crippen LogP contribution in [0.1, 0.15) is 22.6 Å². The van der Waals surface area contributed by atoms with Crippen molar-refractivity contribution in [1.29, 1.82) is 5.26 Å². The Labute approximate surface area is 310 Å². The first-order valence-corrected chi connectivity index (χ1v) is 15.9. The molecule has 0 saturated heterocycles. The van der Waals surface area contributed by atoms with Gasteiger partial charge in [0, 0.05) is 21.5 Å². The summed E-state index contributed by atoms with van der Waals surface area (Å²) in [4.78, 5) is 24.0. The summed E-state index contributed by atoms with van der Waals surface area (Å²) in [6.07, 6.45) is -3.29. The third-order valence-electron chi connectivity index (χ3n) is 6.88. The van der Waals surface area contributed by atoms with E-state index in [1.54, 1.807) is 48.5 Å². The maximum Gasteiger partial charge on any atom is 0.416 e. The number of nitriles is 1. The Bertz CT molecular complexity index is 2050. The van der Waals surface area contributed by atoms with Gasteiger partial charge >= 0.3 is 18.5 Å². The largest absolute Gasteiger partial charge is 0.503 e. The van der Waals surface area contributed by atoms with E-state index >= 15 is 0 Å². The lowest BCUT2D eigenvalue weighted by Crippen LogP contribution is -2.32. The van der Waals surface area contributed by atoms with Crippen molar-refractivity contribution in [3.05, 3.63) is 125 Å². The number of halogens is 6. The number of nitrogens with zero attached hydrogens (tertiary/aromatic N) is 6. The number of alkyl halides is 4. The minimum absolute atomic E-state index is 0.0701. The highest BCUT2D eigenvalue weighted by Gasteiger charge is 2.43. The average molecular weight is 776 g/mol. The molecule has 0 spiro atoms. The molecule has 18 heteroatoms. The molecule has 0 radical (unpaired) electrons. The second kappa shape index (κ2) is 19.2. The highest BCUT2D eigenvalue weighted by molar-refractivity contribution is 6.35. The van der Waals surface area contributed by atoms with Gasteiger partial charge in [0.25, 0.3) is 0 Å². The maximum atomic E-state index is 13.0. The van der Waals surface area contributed by atoms with Gasteiger partial charge in [-0.25, -0.2) is 28.5 Å². The van der Waals surface area contributed by atoms with Crippen molar-refractivity contribution < 1.29 is 46.0 Å². The Hall–Kier alpha value is -5.76. The van der Waals surface area contributed by atoms with Crippen molar-refractivity contribution in [3.63, 3.8) is 0 Å². The number of ether oxygens (including phenoxy) is 5. The first-order valence-electron chi connectivity index (χ1n) is 15.1. The van der Waals surface area contributed by atoms with Crippen LogP contribution in [-0.2, 0) is 25.5 Å². The fourth-order valence-electron chi connectivity index (χ4n) is 4.44. The summed E-state index contributed by atoms with van der Waals surface area (Å²) < 4.78 is 77.3. The van der Waals surface area contributed by atoms with Crippen LogP contribution in [0.4, 0.5) is 17.6 Å². The van der Waals surface area contributed by atoms with Crippen molar-refractivity contribution in [2.45, 2.75) is 25.0 Å². The van der Waals surface area contributed by atoms with Crippen molar-refractivity contribution in [2.75, 3.05) is 20.8 Å². The summed E-state index contributed by atoms with van der Waals surface area (Å²) >= 11 is 11.8. The Balaban J connectivity index is 0.000000245. The number of benzene rings is 3. The second-order valence-electron chi connectivity index (χ2n) is 10.4. The smallest absolute Gasteiger partial charge is 0.416 e. The molecule has 3 aromatic carbocycles. The summed E-state index contributed by atoms with van der Waals surface area (Å²) in [6, 6.07) is 21.7. The Morgan fingerprint density at radius 2 is 1.64 bits per heavy atom. The number of rotatable bonds is 14. The van der Waals surface area contributed by atoms with Gasteiger partial charge in [0.1, 0.15) is 42.1 Å². The Kier molecular flexibility index (Phi) is 14.5. The lowest BCUT2D eigenvalue weighted by molar-refractivity contribution is -0.302. The summed E-state index contributed by atoms with van der Waals surface area (Å²) in [5.41, 5.74) is 1.44. The predicted octanol–water partition coefficient (Wildman–Crippen LogP) is 8.34. The van der Waals surface area contributed by atoms with E-state index in [4.69, 9.17) is 42.1 Å². The molecule has 53 heavy (non-hydrogen) atoms. The zero-order chi connectivity index (χ0) is 38.4. The van der Waals surface area contributed by atoms with Gasteiger partial charge < -0.3 is 23.7 Å². The topological polar surface area (TPSA) is 144 Å². The van der Waals surface area contributed by atoms with Crippen LogP contribution in [0.2, 0.25) is 10.0 Å². The molecule has 0 aliphatic heterocycles. The molecule has 2 heterocycles. The normalized spacial score (nSPS) is 11.9. The van der Waals surface area contributed by atoms with Crippen LogP contribution in [0.3, 0.4) is 0 Å². The van der Waals surface area contributed by atoms with E-state index in [0.29, 0.717) is 33.2 Å². The molecule has 276 valence electrons. The molecule has 0 aliphatic rings. The second-order valence-corrected chi connectivity index (χ2v) is 11.3. The molecule has 0 amide bonds. The number of aromatic nitrogens is 5. The quantitative estimate of drug-likeness (QED) is 0.0465. The van der Waals surface area contributed by atoms with Crippen LogP contribution in [-0.4, -0.2) is 64.1 Å². The Morgan fingerprint density at radius 1 is 0.962 bits per heavy atom. The van der Waals surface area contributed by atoms with Crippen LogP contribution in [0, 0.1) is 11.3 Å². The molecule has 0 aliphatic carbocycles. The molecule has 5 aromatic rings. The summed E-state index contributed by atoms with van der Waals surface area (Å²) in [6.45, 7) is -0.612. The van der Waals surface area contributed by atoms with E-state index in [9.17, 15) is 27.6 Å².